The second-order valence-electron chi connectivity index (χ2n) is 6.70. The van der Waals surface area contributed by atoms with Crippen molar-refractivity contribution < 1.29 is 14.3 Å². The van der Waals surface area contributed by atoms with Gasteiger partial charge in [-0.05, 0) is 42.0 Å². The van der Waals surface area contributed by atoms with Gasteiger partial charge in [0.15, 0.2) is 11.5 Å². The van der Waals surface area contributed by atoms with Crippen molar-refractivity contribution in [3.63, 3.8) is 0 Å². The summed E-state index contributed by atoms with van der Waals surface area (Å²) in [6.07, 6.45) is 0. The number of ether oxygens (including phenoxy) is 2. The number of piperazine rings is 1. The van der Waals surface area contributed by atoms with Crippen LogP contribution in [0.25, 0.3) is 0 Å². The van der Waals surface area contributed by atoms with Crippen LogP contribution in [0, 0.1) is 0 Å². The smallest absolute Gasteiger partial charge is 0.241 e. The third-order valence-corrected chi connectivity index (χ3v) is 5.11. The molecule has 4 rings (SSSR count). The molecule has 1 fully saturated rings. The Bertz CT molecular complexity index is 805. The van der Waals surface area contributed by atoms with Crippen LogP contribution in [-0.4, -0.2) is 55.2 Å². The van der Waals surface area contributed by atoms with E-state index in [1.165, 1.54) is 5.56 Å². The Labute approximate surface area is 163 Å². The van der Waals surface area contributed by atoms with Gasteiger partial charge in [-0.2, -0.15) is 0 Å². The molecule has 0 spiro atoms. The molecule has 142 valence electrons. The predicted molar refractivity (Wildman–Crippen MR) is 104 cm³/mol. The standard InChI is InChI=1S/C20H22ClN3O3/c21-16-2-4-17(5-3-16)22-12-20(25)24-9-7-23(8-10-24)13-15-1-6-18-19(11-15)27-14-26-18/h1-6,11,22H,7-10,12-14H2. The molecule has 1 amide bonds. The minimum Gasteiger partial charge on any atom is -0.454 e. The number of fused-ring (bicyclic) bond motifs is 1. The first-order chi connectivity index (χ1) is 13.2. The third kappa shape index (κ3) is 4.46. The summed E-state index contributed by atoms with van der Waals surface area (Å²) in [7, 11) is 0. The number of amides is 1. The van der Waals surface area contributed by atoms with Crippen molar-refractivity contribution in [2.24, 2.45) is 0 Å². The lowest BCUT2D eigenvalue weighted by molar-refractivity contribution is -0.131. The Morgan fingerprint density at radius 2 is 1.74 bits per heavy atom. The van der Waals surface area contributed by atoms with E-state index in [0.29, 0.717) is 18.4 Å². The summed E-state index contributed by atoms with van der Waals surface area (Å²) in [5, 5.41) is 3.84. The second-order valence-corrected chi connectivity index (χ2v) is 7.14. The van der Waals surface area contributed by atoms with E-state index in [9.17, 15) is 4.79 Å². The first kappa shape index (κ1) is 17.9. The maximum absolute atomic E-state index is 12.4. The number of hydrogen-bond donors (Lipinski definition) is 1. The predicted octanol–water partition coefficient (Wildman–Crippen LogP) is 2.83. The molecule has 0 aromatic heterocycles. The Hall–Kier alpha value is -2.44. The van der Waals surface area contributed by atoms with Crippen LogP contribution in [0.2, 0.25) is 5.02 Å². The summed E-state index contributed by atoms with van der Waals surface area (Å²) < 4.78 is 10.8. The van der Waals surface area contributed by atoms with Crippen LogP contribution < -0.4 is 14.8 Å². The fourth-order valence-electron chi connectivity index (χ4n) is 3.31. The first-order valence-electron chi connectivity index (χ1n) is 9.05. The molecule has 2 aromatic carbocycles. The normalized spacial score (nSPS) is 16.4. The number of carbonyl (C=O) groups excluding carboxylic acids is 1. The molecule has 0 atom stereocenters. The molecule has 2 aromatic rings. The molecule has 1 saturated heterocycles. The molecule has 1 N–H and O–H groups in total. The van der Waals surface area contributed by atoms with E-state index in [4.69, 9.17) is 21.1 Å². The monoisotopic (exact) mass is 387 g/mol. The zero-order valence-electron chi connectivity index (χ0n) is 15.0. The molecule has 2 aliphatic rings. The van der Waals surface area contributed by atoms with Crippen LogP contribution in [0.15, 0.2) is 42.5 Å². The lowest BCUT2D eigenvalue weighted by Gasteiger charge is -2.35. The lowest BCUT2D eigenvalue weighted by atomic mass is 10.1. The van der Waals surface area contributed by atoms with Crippen molar-refractivity contribution in [3.05, 3.63) is 53.1 Å². The van der Waals surface area contributed by atoms with E-state index in [0.717, 1.165) is 49.9 Å². The SMILES string of the molecule is O=C(CNc1ccc(Cl)cc1)N1CCN(Cc2ccc3c(c2)OCO3)CC1. The van der Waals surface area contributed by atoms with Gasteiger partial charge in [0, 0.05) is 43.4 Å². The minimum atomic E-state index is 0.118. The Kier molecular flexibility index (Phi) is 5.36. The minimum absolute atomic E-state index is 0.118. The fraction of sp³-hybridized carbons (Fsp3) is 0.350. The van der Waals surface area contributed by atoms with Gasteiger partial charge >= 0.3 is 0 Å². The van der Waals surface area contributed by atoms with Crippen molar-refractivity contribution >= 4 is 23.2 Å². The lowest BCUT2D eigenvalue weighted by Crippen LogP contribution is -2.49. The van der Waals surface area contributed by atoms with Crippen LogP contribution in [0.3, 0.4) is 0 Å². The average molecular weight is 388 g/mol. The summed E-state index contributed by atoms with van der Waals surface area (Å²) in [6.45, 7) is 4.65. The highest BCUT2D eigenvalue weighted by Crippen LogP contribution is 2.32. The summed E-state index contributed by atoms with van der Waals surface area (Å²) in [4.78, 5) is 16.7. The molecule has 0 aliphatic carbocycles. The van der Waals surface area contributed by atoms with E-state index in [1.54, 1.807) is 0 Å². The van der Waals surface area contributed by atoms with Crippen molar-refractivity contribution in [3.8, 4) is 11.5 Å². The highest BCUT2D eigenvalue weighted by atomic mass is 35.5. The third-order valence-electron chi connectivity index (χ3n) is 4.86. The highest BCUT2D eigenvalue weighted by Gasteiger charge is 2.21. The van der Waals surface area contributed by atoms with Gasteiger partial charge in [-0.3, -0.25) is 9.69 Å². The number of benzene rings is 2. The molecule has 0 radical (unpaired) electrons. The summed E-state index contributed by atoms with van der Waals surface area (Å²) >= 11 is 5.87. The highest BCUT2D eigenvalue weighted by molar-refractivity contribution is 6.30. The van der Waals surface area contributed by atoms with Crippen molar-refractivity contribution in [1.82, 2.24) is 9.80 Å². The number of nitrogens with one attached hydrogen (secondary N) is 1. The zero-order valence-corrected chi connectivity index (χ0v) is 15.7. The molecule has 0 saturated carbocycles. The van der Waals surface area contributed by atoms with Crippen LogP contribution >= 0.6 is 11.6 Å². The summed E-state index contributed by atoms with van der Waals surface area (Å²) in [5.74, 6) is 1.74. The fourth-order valence-corrected chi connectivity index (χ4v) is 3.44. The van der Waals surface area contributed by atoms with E-state index < -0.39 is 0 Å². The molecule has 2 heterocycles. The van der Waals surface area contributed by atoms with Gasteiger partial charge in [0.2, 0.25) is 12.7 Å². The van der Waals surface area contributed by atoms with Gasteiger partial charge in [0.25, 0.3) is 0 Å². The van der Waals surface area contributed by atoms with Crippen LogP contribution in [0.1, 0.15) is 5.56 Å². The molecule has 7 heteroatoms. The maximum Gasteiger partial charge on any atom is 0.241 e. The number of hydrogen-bond acceptors (Lipinski definition) is 5. The molecule has 6 nitrogen and oxygen atoms in total. The van der Waals surface area contributed by atoms with Gasteiger partial charge in [-0.1, -0.05) is 17.7 Å². The van der Waals surface area contributed by atoms with E-state index >= 15 is 0 Å². The van der Waals surface area contributed by atoms with E-state index in [-0.39, 0.29) is 5.91 Å². The molecule has 27 heavy (non-hydrogen) atoms. The Balaban J connectivity index is 1.23. The van der Waals surface area contributed by atoms with Crippen LogP contribution in [-0.2, 0) is 11.3 Å². The molecule has 0 bridgehead atoms. The van der Waals surface area contributed by atoms with E-state index in [1.807, 2.05) is 41.3 Å². The van der Waals surface area contributed by atoms with Gasteiger partial charge in [-0.25, -0.2) is 0 Å². The number of carbonyl (C=O) groups is 1. The number of rotatable bonds is 5. The van der Waals surface area contributed by atoms with Crippen molar-refractivity contribution in [1.29, 1.82) is 0 Å². The largest absolute Gasteiger partial charge is 0.454 e. The van der Waals surface area contributed by atoms with Gasteiger partial charge in [-0.15, -0.1) is 0 Å². The van der Waals surface area contributed by atoms with Gasteiger partial charge < -0.3 is 19.7 Å². The number of nitrogens with zero attached hydrogens (tertiary/aromatic N) is 2. The van der Waals surface area contributed by atoms with Crippen molar-refractivity contribution in [2.45, 2.75) is 6.54 Å². The van der Waals surface area contributed by atoms with Crippen LogP contribution in [0.4, 0.5) is 5.69 Å². The summed E-state index contributed by atoms with van der Waals surface area (Å²) in [6, 6.07) is 13.4. The van der Waals surface area contributed by atoms with E-state index in [2.05, 4.69) is 16.3 Å². The molecule has 0 unspecified atom stereocenters. The Morgan fingerprint density at radius 3 is 2.52 bits per heavy atom. The maximum atomic E-state index is 12.4. The molecular weight excluding hydrogens is 366 g/mol. The van der Waals surface area contributed by atoms with Crippen LogP contribution in [0.5, 0.6) is 11.5 Å². The number of halogens is 1. The molecule has 2 aliphatic heterocycles. The zero-order chi connectivity index (χ0) is 18.6. The van der Waals surface area contributed by atoms with Gasteiger partial charge in [0.1, 0.15) is 0 Å². The topological polar surface area (TPSA) is 54.0 Å². The van der Waals surface area contributed by atoms with Crippen molar-refractivity contribution in [2.75, 3.05) is 44.8 Å². The second kappa shape index (κ2) is 8.06. The quantitative estimate of drug-likeness (QED) is 0.855. The van der Waals surface area contributed by atoms with Gasteiger partial charge in [0.05, 0.1) is 6.54 Å². The first-order valence-corrected chi connectivity index (χ1v) is 9.43. The molecular formula is C20H22ClN3O3. The Morgan fingerprint density at radius 1 is 1.00 bits per heavy atom. The summed E-state index contributed by atoms with van der Waals surface area (Å²) in [5.41, 5.74) is 2.10. The number of anilines is 1. The average Bonchev–Trinajstić information content (AvgIpc) is 3.16.